The third-order valence-corrected chi connectivity index (χ3v) is 4.53. The zero-order valence-electron chi connectivity index (χ0n) is 7.61. The topological polar surface area (TPSA) is 12.9 Å². The van der Waals surface area contributed by atoms with E-state index in [4.69, 9.17) is 23.2 Å². The van der Waals surface area contributed by atoms with E-state index < -0.39 is 0 Å². The van der Waals surface area contributed by atoms with E-state index in [2.05, 4.69) is 4.98 Å². The molecule has 0 fully saturated rings. The summed E-state index contributed by atoms with van der Waals surface area (Å²) in [5, 5.41) is 3.19. The third kappa shape index (κ3) is 3.11. The molecule has 0 aliphatic carbocycles. The SMILES string of the molecule is Clc1csc(SCc2ccccc2Cl)n1. The molecule has 1 nitrogen and oxygen atoms in total. The highest BCUT2D eigenvalue weighted by Gasteiger charge is 2.03. The Morgan fingerprint density at radius 1 is 1.27 bits per heavy atom. The number of benzene rings is 1. The summed E-state index contributed by atoms with van der Waals surface area (Å²) >= 11 is 15.0. The molecule has 78 valence electrons. The van der Waals surface area contributed by atoms with Crippen molar-refractivity contribution in [3.8, 4) is 0 Å². The van der Waals surface area contributed by atoms with Gasteiger partial charge >= 0.3 is 0 Å². The van der Waals surface area contributed by atoms with Crippen LogP contribution < -0.4 is 0 Å². The van der Waals surface area contributed by atoms with Crippen LogP contribution in [-0.2, 0) is 5.75 Å². The number of thiazole rings is 1. The maximum atomic E-state index is 6.04. The lowest BCUT2D eigenvalue weighted by molar-refractivity contribution is 1.24. The average molecular weight is 276 g/mol. The van der Waals surface area contributed by atoms with Crippen LogP contribution in [0.25, 0.3) is 0 Å². The molecule has 0 aliphatic heterocycles. The summed E-state index contributed by atoms with van der Waals surface area (Å²) < 4.78 is 0.972. The molecule has 0 saturated heterocycles. The summed E-state index contributed by atoms with van der Waals surface area (Å²) in [6, 6.07) is 7.82. The number of thioether (sulfide) groups is 1. The Morgan fingerprint density at radius 3 is 2.73 bits per heavy atom. The molecule has 2 aromatic rings. The van der Waals surface area contributed by atoms with Crippen LogP contribution in [0.5, 0.6) is 0 Å². The van der Waals surface area contributed by atoms with Gasteiger partial charge in [0.2, 0.25) is 0 Å². The van der Waals surface area contributed by atoms with E-state index in [-0.39, 0.29) is 0 Å². The van der Waals surface area contributed by atoms with Gasteiger partial charge in [-0.2, -0.15) is 0 Å². The molecule has 0 amide bonds. The number of aromatic nitrogens is 1. The molecule has 0 saturated carbocycles. The summed E-state index contributed by atoms with van der Waals surface area (Å²) in [7, 11) is 0. The molecule has 2 rings (SSSR count). The highest BCUT2D eigenvalue weighted by molar-refractivity contribution is 8.00. The number of hydrogen-bond acceptors (Lipinski definition) is 3. The van der Waals surface area contributed by atoms with Gasteiger partial charge in [-0.3, -0.25) is 0 Å². The van der Waals surface area contributed by atoms with Crippen molar-refractivity contribution in [1.82, 2.24) is 4.98 Å². The quantitative estimate of drug-likeness (QED) is 0.751. The van der Waals surface area contributed by atoms with Crippen molar-refractivity contribution in [1.29, 1.82) is 0 Å². The van der Waals surface area contributed by atoms with Gasteiger partial charge < -0.3 is 0 Å². The first-order chi connectivity index (χ1) is 7.25. The van der Waals surface area contributed by atoms with Crippen molar-refractivity contribution in [2.45, 2.75) is 10.1 Å². The van der Waals surface area contributed by atoms with Crippen LogP contribution in [0.3, 0.4) is 0 Å². The summed E-state index contributed by atoms with van der Waals surface area (Å²) in [6.07, 6.45) is 0. The van der Waals surface area contributed by atoms with Crippen molar-refractivity contribution < 1.29 is 0 Å². The lowest BCUT2D eigenvalue weighted by Crippen LogP contribution is -1.81. The molecule has 15 heavy (non-hydrogen) atoms. The van der Waals surface area contributed by atoms with Gasteiger partial charge in [0, 0.05) is 16.2 Å². The second-order valence-corrected chi connectivity index (χ2v) is 5.69. The lowest BCUT2D eigenvalue weighted by Gasteiger charge is -2.00. The molecule has 0 unspecified atom stereocenters. The molecule has 0 N–H and O–H groups in total. The lowest BCUT2D eigenvalue weighted by atomic mass is 10.2. The van der Waals surface area contributed by atoms with Crippen LogP contribution in [-0.4, -0.2) is 4.98 Å². The fourth-order valence-corrected chi connectivity index (χ4v) is 3.35. The molecule has 0 spiro atoms. The third-order valence-electron chi connectivity index (χ3n) is 1.76. The second-order valence-electron chi connectivity index (χ2n) is 2.82. The normalized spacial score (nSPS) is 10.5. The van der Waals surface area contributed by atoms with Crippen molar-refractivity contribution in [2.24, 2.45) is 0 Å². The van der Waals surface area contributed by atoms with E-state index >= 15 is 0 Å². The monoisotopic (exact) mass is 275 g/mol. The van der Waals surface area contributed by atoms with E-state index in [1.807, 2.05) is 29.6 Å². The molecule has 0 bridgehead atoms. The fourth-order valence-electron chi connectivity index (χ4n) is 1.06. The fraction of sp³-hybridized carbons (Fsp3) is 0.100. The molecule has 0 atom stereocenters. The first-order valence-electron chi connectivity index (χ1n) is 4.23. The molecule has 0 aliphatic rings. The molecular weight excluding hydrogens is 269 g/mol. The summed E-state index contributed by atoms with van der Waals surface area (Å²) in [6.45, 7) is 0. The van der Waals surface area contributed by atoms with Crippen molar-refractivity contribution in [3.05, 3.63) is 45.4 Å². The summed E-state index contributed by atoms with van der Waals surface area (Å²) in [5.74, 6) is 0.823. The van der Waals surface area contributed by atoms with Gasteiger partial charge in [-0.25, -0.2) is 4.98 Å². The van der Waals surface area contributed by atoms with E-state index in [0.29, 0.717) is 5.15 Å². The maximum Gasteiger partial charge on any atom is 0.151 e. The molecule has 5 heteroatoms. The molecule has 1 aromatic heterocycles. The van der Waals surface area contributed by atoms with Gasteiger partial charge in [0.25, 0.3) is 0 Å². The Kier molecular flexibility index (Phi) is 3.92. The van der Waals surface area contributed by atoms with Crippen LogP contribution in [0.4, 0.5) is 0 Å². The molecule has 1 heterocycles. The van der Waals surface area contributed by atoms with Crippen LogP contribution in [0.15, 0.2) is 34.0 Å². The Bertz CT molecular complexity index is 456. The highest BCUT2D eigenvalue weighted by atomic mass is 35.5. The first kappa shape index (κ1) is 11.3. The van der Waals surface area contributed by atoms with Crippen molar-refractivity contribution in [3.63, 3.8) is 0 Å². The number of halogens is 2. The van der Waals surface area contributed by atoms with E-state index in [0.717, 1.165) is 20.7 Å². The zero-order chi connectivity index (χ0) is 10.7. The largest absolute Gasteiger partial charge is 0.218 e. The average Bonchev–Trinajstić information content (AvgIpc) is 2.63. The van der Waals surface area contributed by atoms with Gasteiger partial charge in [-0.15, -0.1) is 11.3 Å². The van der Waals surface area contributed by atoms with Crippen molar-refractivity contribution in [2.75, 3.05) is 0 Å². The molecule has 0 radical (unpaired) electrons. The first-order valence-corrected chi connectivity index (χ1v) is 6.85. The van der Waals surface area contributed by atoms with Crippen LogP contribution in [0.2, 0.25) is 10.2 Å². The second kappa shape index (κ2) is 5.21. The summed E-state index contributed by atoms with van der Waals surface area (Å²) in [4.78, 5) is 4.16. The van der Waals surface area contributed by atoms with E-state index in [1.54, 1.807) is 23.1 Å². The Balaban J connectivity index is 2.02. The number of nitrogens with zero attached hydrogens (tertiary/aromatic N) is 1. The minimum Gasteiger partial charge on any atom is -0.218 e. The minimum absolute atomic E-state index is 0.557. The Hall–Kier alpha value is -0.220. The number of hydrogen-bond donors (Lipinski definition) is 0. The van der Waals surface area contributed by atoms with Gasteiger partial charge in [0.1, 0.15) is 5.15 Å². The van der Waals surface area contributed by atoms with Crippen molar-refractivity contribution >= 4 is 46.3 Å². The smallest absolute Gasteiger partial charge is 0.151 e. The predicted molar refractivity (Wildman–Crippen MR) is 68.1 cm³/mol. The van der Waals surface area contributed by atoms with E-state index in [9.17, 15) is 0 Å². The van der Waals surface area contributed by atoms with Gasteiger partial charge in [-0.05, 0) is 11.6 Å². The van der Waals surface area contributed by atoms with E-state index in [1.165, 1.54) is 0 Å². The maximum absolute atomic E-state index is 6.04. The number of rotatable bonds is 3. The zero-order valence-corrected chi connectivity index (χ0v) is 10.8. The van der Waals surface area contributed by atoms with Crippen LogP contribution >= 0.6 is 46.3 Å². The minimum atomic E-state index is 0.557. The Labute approximate surface area is 106 Å². The van der Waals surface area contributed by atoms with Gasteiger partial charge in [0.15, 0.2) is 4.34 Å². The molecular formula is C10H7Cl2NS2. The van der Waals surface area contributed by atoms with Gasteiger partial charge in [-0.1, -0.05) is 53.2 Å². The predicted octanol–water partition coefficient (Wildman–Crippen LogP) is 4.74. The molecule has 1 aromatic carbocycles. The van der Waals surface area contributed by atoms with Gasteiger partial charge in [0.05, 0.1) is 0 Å². The summed E-state index contributed by atoms with van der Waals surface area (Å²) in [5.41, 5.74) is 1.12. The standard InChI is InChI=1S/C10H7Cl2NS2/c11-8-4-2-1-3-7(8)5-14-10-13-9(12)6-15-10/h1-4,6H,5H2. The highest BCUT2D eigenvalue weighted by Crippen LogP contribution is 2.29. The van der Waals surface area contributed by atoms with Crippen LogP contribution in [0.1, 0.15) is 5.56 Å². The van der Waals surface area contributed by atoms with Crippen LogP contribution in [0, 0.1) is 0 Å². The Morgan fingerprint density at radius 2 is 2.07 bits per heavy atom.